The molecule has 1 amide bonds. The number of hydrogen-bond donors (Lipinski definition) is 2. The van der Waals surface area contributed by atoms with Crippen molar-refractivity contribution in [2.45, 2.75) is 11.7 Å². The third kappa shape index (κ3) is 4.33. The van der Waals surface area contributed by atoms with E-state index in [1.165, 1.54) is 11.8 Å². The number of aromatic nitrogens is 4. The van der Waals surface area contributed by atoms with Crippen molar-refractivity contribution in [3.63, 3.8) is 0 Å². The SMILES string of the molecule is O=C(CSc1n[nH]c(-c2ccncc2)n1)NCc1ccccc1Cl. The molecule has 0 radical (unpaired) electrons. The molecular formula is C16H14ClN5OS. The molecule has 24 heavy (non-hydrogen) atoms. The van der Waals surface area contributed by atoms with E-state index in [2.05, 4.69) is 25.5 Å². The fraction of sp³-hybridized carbons (Fsp3) is 0.125. The van der Waals surface area contributed by atoms with Crippen LogP contribution >= 0.6 is 23.4 Å². The van der Waals surface area contributed by atoms with Gasteiger partial charge in [0.15, 0.2) is 5.82 Å². The van der Waals surface area contributed by atoms with E-state index in [-0.39, 0.29) is 11.7 Å². The number of amides is 1. The van der Waals surface area contributed by atoms with E-state index >= 15 is 0 Å². The molecule has 0 fully saturated rings. The van der Waals surface area contributed by atoms with Crippen LogP contribution in [0.25, 0.3) is 11.4 Å². The van der Waals surface area contributed by atoms with Crippen LogP contribution in [0.5, 0.6) is 0 Å². The summed E-state index contributed by atoms with van der Waals surface area (Å²) in [4.78, 5) is 20.2. The summed E-state index contributed by atoms with van der Waals surface area (Å²) in [5.74, 6) is 0.782. The van der Waals surface area contributed by atoms with E-state index in [1.54, 1.807) is 18.5 Å². The predicted molar refractivity (Wildman–Crippen MR) is 93.6 cm³/mol. The lowest BCUT2D eigenvalue weighted by atomic mass is 10.2. The van der Waals surface area contributed by atoms with Crippen LogP contribution in [0.3, 0.4) is 0 Å². The molecule has 3 aromatic rings. The molecule has 8 heteroatoms. The van der Waals surface area contributed by atoms with Gasteiger partial charge in [0.05, 0.1) is 5.75 Å². The Labute approximate surface area is 148 Å². The average molecular weight is 360 g/mol. The molecule has 2 N–H and O–H groups in total. The zero-order valence-electron chi connectivity index (χ0n) is 12.6. The van der Waals surface area contributed by atoms with E-state index in [4.69, 9.17) is 11.6 Å². The molecule has 0 atom stereocenters. The predicted octanol–water partition coefficient (Wildman–Crippen LogP) is 2.93. The number of nitrogens with zero attached hydrogens (tertiary/aromatic N) is 3. The molecule has 0 saturated carbocycles. The first-order chi connectivity index (χ1) is 11.7. The number of carbonyl (C=O) groups is 1. The summed E-state index contributed by atoms with van der Waals surface area (Å²) in [7, 11) is 0. The lowest BCUT2D eigenvalue weighted by molar-refractivity contribution is -0.118. The first-order valence-corrected chi connectivity index (χ1v) is 8.54. The van der Waals surface area contributed by atoms with Gasteiger partial charge in [0.25, 0.3) is 0 Å². The van der Waals surface area contributed by atoms with Crippen molar-refractivity contribution in [2.75, 3.05) is 5.75 Å². The lowest BCUT2D eigenvalue weighted by Gasteiger charge is -2.05. The molecule has 0 aliphatic heterocycles. The molecule has 0 aliphatic rings. The summed E-state index contributed by atoms with van der Waals surface area (Å²) in [6.07, 6.45) is 3.37. The van der Waals surface area contributed by atoms with Gasteiger partial charge in [-0.2, -0.15) is 0 Å². The normalized spacial score (nSPS) is 10.5. The molecule has 3 rings (SSSR count). The summed E-state index contributed by atoms with van der Waals surface area (Å²) in [5.41, 5.74) is 1.78. The Kier molecular flexibility index (Phi) is 5.45. The molecule has 0 saturated heterocycles. The topological polar surface area (TPSA) is 83.6 Å². The molecule has 0 aliphatic carbocycles. The molecular weight excluding hydrogens is 346 g/mol. The van der Waals surface area contributed by atoms with Gasteiger partial charge < -0.3 is 5.32 Å². The highest BCUT2D eigenvalue weighted by atomic mass is 35.5. The monoisotopic (exact) mass is 359 g/mol. The van der Waals surface area contributed by atoms with Crippen molar-refractivity contribution in [1.82, 2.24) is 25.5 Å². The van der Waals surface area contributed by atoms with Crippen molar-refractivity contribution in [1.29, 1.82) is 0 Å². The summed E-state index contributed by atoms with van der Waals surface area (Å²) < 4.78 is 0. The zero-order valence-corrected chi connectivity index (χ0v) is 14.1. The quantitative estimate of drug-likeness (QED) is 0.661. The maximum Gasteiger partial charge on any atom is 0.230 e. The Morgan fingerprint density at radius 3 is 2.79 bits per heavy atom. The number of H-pyrrole nitrogens is 1. The number of hydrogen-bond acceptors (Lipinski definition) is 5. The van der Waals surface area contributed by atoms with Gasteiger partial charge in [-0.1, -0.05) is 41.6 Å². The van der Waals surface area contributed by atoms with Crippen molar-refractivity contribution in [3.05, 3.63) is 59.4 Å². The van der Waals surface area contributed by atoms with Gasteiger partial charge in [-0.05, 0) is 23.8 Å². The third-order valence-corrected chi connectivity index (χ3v) is 4.40. The smallest absolute Gasteiger partial charge is 0.230 e. The largest absolute Gasteiger partial charge is 0.351 e. The second-order valence-corrected chi connectivity index (χ2v) is 6.21. The van der Waals surface area contributed by atoms with Crippen LogP contribution < -0.4 is 5.32 Å². The fourth-order valence-corrected chi connectivity index (χ4v) is 2.80. The highest BCUT2D eigenvalue weighted by molar-refractivity contribution is 7.99. The molecule has 0 spiro atoms. The standard InChI is InChI=1S/C16H14ClN5OS/c17-13-4-2-1-3-12(13)9-19-14(23)10-24-16-20-15(21-22-16)11-5-7-18-8-6-11/h1-8H,9-10H2,(H,19,23)(H,20,21,22). The molecule has 122 valence electrons. The van der Waals surface area contributed by atoms with Crippen LogP contribution in [0.1, 0.15) is 5.56 Å². The first-order valence-electron chi connectivity index (χ1n) is 7.18. The van der Waals surface area contributed by atoms with Crippen LogP contribution in [-0.4, -0.2) is 31.8 Å². The Morgan fingerprint density at radius 1 is 1.21 bits per heavy atom. The minimum Gasteiger partial charge on any atom is -0.351 e. The van der Waals surface area contributed by atoms with Crippen molar-refractivity contribution < 1.29 is 4.79 Å². The second kappa shape index (κ2) is 7.94. The number of benzene rings is 1. The Bertz CT molecular complexity index is 824. The average Bonchev–Trinajstić information content (AvgIpc) is 3.09. The minimum absolute atomic E-state index is 0.102. The molecule has 2 aromatic heterocycles. The summed E-state index contributed by atoms with van der Waals surface area (Å²) in [5, 5.41) is 10.9. The number of nitrogens with one attached hydrogen (secondary N) is 2. The molecule has 0 bridgehead atoms. The van der Waals surface area contributed by atoms with Crippen LogP contribution in [0, 0.1) is 0 Å². The lowest BCUT2D eigenvalue weighted by Crippen LogP contribution is -2.24. The van der Waals surface area contributed by atoms with E-state index in [0.29, 0.717) is 22.5 Å². The van der Waals surface area contributed by atoms with Crippen LogP contribution in [0.15, 0.2) is 53.9 Å². The molecule has 1 aromatic carbocycles. The maximum atomic E-state index is 11.9. The zero-order chi connectivity index (χ0) is 16.8. The van der Waals surface area contributed by atoms with Gasteiger partial charge in [-0.25, -0.2) is 4.98 Å². The highest BCUT2D eigenvalue weighted by Crippen LogP contribution is 2.18. The molecule has 0 unspecified atom stereocenters. The number of aromatic amines is 1. The Balaban J connectivity index is 1.50. The third-order valence-electron chi connectivity index (χ3n) is 3.18. The van der Waals surface area contributed by atoms with E-state index < -0.39 is 0 Å². The fourth-order valence-electron chi connectivity index (χ4n) is 1.97. The van der Waals surface area contributed by atoms with E-state index in [9.17, 15) is 4.79 Å². The van der Waals surface area contributed by atoms with Crippen molar-refractivity contribution >= 4 is 29.3 Å². The highest BCUT2D eigenvalue weighted by Gasteiger charge is 2.09. The molecule has 2 heterocycles. The number of pyridine rings is 1. The van der Waals surface area contributed by atoms with Crippen molar-refractivity contribution in [2.24, 2.45) is 0 Å². The number of carbonyl (C=O) groups excluding carboxylic acids is 1. The second-order valence-electron chi connectivity index (χ2n) is 4.86. The van der Waals surface area contributed by atoms with Gasteiger partial charge in [0, 0.05) is 29.5 Å². The van der Waals surface area contributed by atoms with Crippen LogP contribution in [-0.2, 0) is 11.3 Å². The van der Waals surface area contributed by atoms with Crippen molar-refractivity contribution in [3.8, 4) is 11.4 Å². The van der Waals surface area contributed by atoms with Gasteiger partial charge >= 0.3 is 0 Å². The Hall–Kier alpha value is -2.38. The summed E-state index contributed by atoms with van der Waals surface area (Å²) >= 11 is 7.33. The van der Waals surface area contributed by atoms with Gasteiger partial charge in [0.1, 0.15) is 0 Å². The minimum atomic E-state index is -0.102. The first kappa shape index (κ1) is 16.5. The van der Waals surface area contributed by atoms with Gasteiger partial charge in [-0.15, -0.1) is 5.10 Å². The Morgan fingerprint density at radius 2 is 2.00 bits per heavy atom. The summed E-state index contributed by atoms with van der Waals surface area (Å²) in [6, 6.07) is 11.1. The number of thioether (sulfide) groups is 1. The maximum absolute atomic E-state index is 11.9. The van der Waals surface area contributed by atoms with Crippen LogP contribution in [0.4, 0.5) is 0 Å². The van der Waals surface area contributed by atoms with E-state index in [1.807, 2.05) is 30.3 Å². The molecule has 6 nitrogen and oxygen atoms in total. The number of halogens is 1. The van der Waals surface area contributed by atoms with Gasteiger partial charge in [-0.3, -0.25) is 14.9 Å². The summed E-state index contributed by atoms with van der Waals surface area (Å²) in [6.45, 7) is 0.398. The van der Waals surface area contributed by atoms with Gasteiger partial charge in [0.2, 0.25) is 11.1 Å². The number of rotatable bonds is 6. The van der Waals surface area contributed by atoms with E-state index in [0.717, 1.165) is 11.1 Å². The van der Waals surface area contributed by atoms with Crippen LogP contribution in [0.2, 0.25) is 5.02 Å².